The molecule has 3 unspecified atom stereocenters. The van der Waals surface area contributed by atoms with E-state index in [0.29, 0.717) is 50.1 Å². The maximum Gasteiger partial charge on any atom is 0.411 e. The number of anilines is 2. The number of esters is 3. The minimum atomic E-state index is -1.33. The standard InChI is InChI=1S/C50H64N2O9/c1-9-14-29-59-45(54)40(33-49(7,8)46(55)58-13-5)31-38(10-2)39-22-18-36(19-23-39)32-50(28-16-15-17-44(50)53)47(56)61-42-25-20-37(21-26-42)34-60-48(57)51-43-27-24-41(30-35(43)6)52(11-3)12-4/h3,18-27,30,38,40H,9-10,12-17,28-29,31-34H2,1-2,4-8H3,(H,51,57). The van der Waals surface area contributed by atoms with Crippen molar-refractivity contribution in [1.82, 2.24) is 0 Å². The van der Waals surface area contributed by atoms with E-state index in [2.05, 4.69) is 18.3 Å². The Morgan fingerprint density at radius 2 is 1.62 bits per heavy atom. The average Bonchev–Trinajstić information content (AvgIpc) is 3.24. The van der Waals surface area contributed by atoms with Gasteiger partial charge in [0.15, 0.2) is 5.78 Å². The third kappa shape index (κ3) is 13.2. The summed E-state index contributed by atoms with van der Waals surface area (Å²) >= 11 is 0. The molecule has 1 aliphatic rings. The van der Waals surface area contributed by atoms with E-state index in [9.17, 15) is 24.0 Å². The second-order valence-corrected chi connectivity index (χ2v) is 16.6. The lowest BCUT2D eigenvalue weighted by Gasteiger charge is -2.33. The molecule has 0 spiro atoms. The number of nitrogens with zero attached hydrogens (tertiary/aromatic N) is 1. The predicted octanol–water partition coefficient (Wildman–Crippen LogP) is 10.3. The SMILES string of the molecule is C#CN(CC)c1ccc(NC(=O)OCc2ccc(OC(=O)C3(Cc4ccc(C(CC)CC(CC(C)(C)C(=O)OCC)C(=O)OCCCC)cc4)CCCCC3=O)cc2)c(C)c1. The molecule has 1 amide bonds. The predicted molar refractivity (Wildman–Crippen MR) is 237 cm³/mol. The van der Waals surface area contributed by atoms with Crippen molar-refractivity contribution >= 4 is 41.2 Å². The summed E-state index contributed by atoms with van der Waals surface area (Å²) in [6.45, 7) is 14.6. The molecule has 3 atom stereocenters. The van der Waals surface area contributed by atoms with Crippen molar-refractivity contribution in [2.45, 2.75) is 125 Å². The van der Waals surface area contributed by atoms with Crippen molar-refractivity contribution in [1.29, 1.82) is 0 Å². The highest BCUT2D eigenvalue weighted by molar-refractivity contribution is 6.05. The molecule has 3 aromatic carbocycles. The number of terminal acetylenes is 1. The van der Waals surface area contributed by atoms with E-state index in [1.807, 2.05) is 57.2 Å². The van der Waals surface area contributed by atoms with Gasteiger partial charge in [0, 0.05) is 30.4 Å². The van der Waals surface area contributed by atoms with Crippen LogP contribution in [0.4, 0.5) is 16.2 Å². The van der Waals surface area contributed by atoms with Crippen LogP contribution in [0.25, 0.3) is 0 Å². The van der Waals surface area contributed by atoms with Crippen molar-refractivity contribution in [3.63, 3.8) is 0 Å². The molecule has 0 aromatic heterocycles. The second-order valence-electron chi connectivity index (χ2n) is 16.6. The fourth-order valence-corrected chi connectivity index (χ4v) is 7.89. The average molecular weight is 837 g/mol. The molecule has 1 N–H and O–H groups in total. The summed E-state index contributed by atoms with van der Waals surface area (Å²) in [6.07, 6.45) is 10.5. The third-order valence-corrected chi connectivity index (χ3v) is 11.6. The minimum Gasteiger partial charge on any atom is -0.466 e. The Morgan fingerprint density at radius 1 is 0.918 bits per heavy atom. The van der Waals surface area contributed by atoms with Gasteiger partial charge in [-0.25, -0.2) is 4.79 Å². The fourth-order valence-electron chi connectivity index (χ4n) is 7.89. The van der Waals surface area contributed by atoms with Crippen LogP contribution in [-0.4, -0.2) is 49.5 Å². The molecule has 11 heteroatoms. The topological polar surface area (TPSA) is 138 Å². The van der Waals surface area contributed by atoms with E-state index in [1.54, 1.807) is 56.0 Å². The van der Waals surface area contributed by atoms with Gasteiger partial charge < -0.3 is 23.8 Å². The van der Waals surface area contributed by atoms with Gasteiger partial charge in [0.05, 0.1) is 24.5 Å². The maximum atomic E-state index is 14.0. The Labute approximate surface area is 362 Å². The van der Waals surface area contributed by atoms with Crippen LogP contribution in [0.15, 0.2) is 66.7 Å². The molecule has 0 aliphatic heterocycles. The van der Waals surface area contributed by atoms with Gasteiger partial charge in [-0.05, 0) is 138 Å². The summed E-state index contributed by atoms with van der Waals surface area (Å²) in [4.78, 5) is 68.2. The lowest BCUT2D eigenvalue weighted by Crippen LogP contribution is -2.46. The summed E-state index contributed by atoms with van der Waals surface area (Å²) in [6, 6.07) is 22.7. The number of hydrogen-bond acceptors (Lipinski definition) is 10. The first-order valence-electron chi connectivity index (χ1n) is 21.8. The number of amides is 1. The van der Waals surface area contributed by atoms with Crippen molar-refractivity contribution in [3.05, 3.63) is 89.0 Å². The molecule has 11 nitrogen and oxygen atoms in total. The van der Waals surface area contributed by atoms with Crippen molar-refractivity contribution in [3.8, 4) is 18.2 Å². The molecule has 328 valence electrons. The summed E-state index contributed by atoms with van der Waals surface area (Å²) in [5, 5.41) is 2.77. The van der Waals surface area contributed by atoms with E-state index in [-0.39, 0.29) is 49.0 Å². The Morgan fingerprint density at radius 3 is 2.23 bits per heavy atom. The number of benzene rings is 3. The molecule has 1 fully saturated rings. The Kier molecular flexibility index (Phi) is 18.0. The quantitative estimate of drug-likeness (QED) is 0.0210. The number of carbonyl (C=O) groups excluding carboxylic acids is 5. The highest BCUT2D eigenvalue weighted by atomic mass is 16.6. The lowest BCUT2D eigenvalue weighted by atomic mass is 9.69. The summed E-state index contributed by atoms with van der Waals surface area (Å²) < 4.78 is 22.3. The zero-order chi connectivity index (χ0) is 44.6. The van der Waals surface area contributed by atoms with Crippen molar-refractivity contribution in [2.24, 2.45) is 16.7 Å². The zero-order valence-electron chi connectivity index (χ0n) is 37.1. The van der Waals surface area contributed by atoms with Gasteiger partial charge in [-0.3, -0.25) is 24.5 Å². The van der Waals surface area contributed by atoms with Gasteiger partial charge in [-0.1, -0.05) is 69.5 Å². The van der Waals surface area contributed by atoms with Gasteiger partial charge in [0.2, 0.25) is 0 Å². The van der Waals surface area contributed by atoms with Crippen LogP contribution in [-0.2, 0) is 46.4 Å². The molecule has 0 saturated heterocycles. The van der Waals surface area contributed by atoms with Gasteiger partial charge in [0.25, 0.3) is 0 Å². The van der Waals surface area contributed by atoms with Crippen molar-refractivity contribution < 1.29 is 42.9 Å². The first-order valence-corrected chi connectivity index (χ1v) is 21.8. The summed E-state index contributed by atoms with van der Waals surface area (Å²) in [7, 11) is 0. The molecular formula is C50H64N2O9. The number of nitrogens with one attached hydrogen (secondary N) is 1. The molecule has 1 aliphatic carbocycles. The largest absolute Gasteiger partial charge is 0.466 e. The second kappa shape index (κ2) is 22.8. The lowest BCUT2D eigenvalue weighted by molar-refractivity contribution is -0.158. The number of carbonyl (C=O) groups is 5. The summed E-state index contributed by atoms with van der Waals surface area (Å²) in [5.41, 5.74) is 2.64. The Bertz CT molecular complexity index is 2000. The molecule has 0 radical (unpaired) electrons. The number of hydrogen-bond donors (Lipinski definition) is 1. The van der Waals surface area contributed by atoms with Crippen LogP contribution in [0.3, 0.4) is 0 Å². The first kappa shape index (κ1) is 48.0. The highest BCUT2D eigenvalue weighted by Gasteiger charge is 2.48. The van der Waals surface area contributed by atoms with Crippen LogP contribution in [0, 0.1) is 36.1 Å². The monoisotopic (exact) mass is 836 g/mol. The smallest absolute Gasteiger partial charge is 0.411 e. The number of ketones is 1. The number of unbranched alkanes of at least 4 members (excludes halogenated alkanes) is 1. The van der Waals surface area contributed by atoms with Gasteiger partial charge in [-0.15, -0.1) is 0 Å². The normalized spacial score (nSPS) is 16.1. The van der Waals surface area contributed by atoms with Gasteiger partial charge in [-0.2, -0.15) is 0 Å². The highest BCUT2D eigenvalue weighted by Crippen LogP contribution is 2.40. The fraction of sp³-hybridized carbons (Fsp3) is 0.500. The van der Waals surface area contributed by atoms with Crippen LogP contribution in [0.2, 0.25) is 0 Å². The number of ether oxygens (including phenoxy) is 4. The van der Waals surface area contributed by atoms with Crippen molar-refractivity contribution in [2.75, 3.05) is 30.0 Å². The van der Waals surface area contributed by atoms with Gasteiger partial charge >= 0.3 is 24.0 Å². The third-order valence-electron chi connectivity index (χ3n) is 11.6. The van der Waals surface area contributed by atoms with E-state index in [1.165, 1.54) is 0 Å². The van der Waals surface area contributed by atoms with Crippen LogP contribution >= 0.6 is 0 Å². The Balaban J connectivity index is 1.41. The van der Waals surface area contributed by atoms with Gasteiger partial charge in [0.1, 0.15) is 17.8 Å². The first-order chi connectivity index (χ1) is 29.2. The minimum absolute atomic E-state index is 0.00202. The van der Waals surface area contributed by atoms with Crippen LogP contribution in [0.5, 0.6) is 5.75 Å². The van der Waals surface area contributed by atoms with E-state index in [4.69, 9.17) is 25.4 Å². The van der Waals surface area contributed by atoms with Crippen LogP contribution in [0.1, 0.15) is 128 Å². The van der Waals surface area contributed by atoms with E-state index < -0.39 is 28.8 Å². The van der Waals surface area contributed by atoms with E-state index in [0.717, 1.165) is 54.5 Å². The van der Waals surface area contributed by atoms with E-state index >= 15 is 0 Å². The molecular weight excluding hydrogens is 773 g/mol. The molecule has 61 heavy (non-hydrogen) atoms. The maximum absolute atomic E-state index is 14.0. The molecule has 4 rings (SSSR count). The van der Waals surface area contributed by atoms with Crippen LogP contribution < -0.4 is 15.0 Å². The number of aryl methyl sites for hydroxylation is 1. The molecule has 0 heterocycles. The zero-order valence-corrected chi connectivity index (χ0v) is 37.1. The molecule has 1 saturated carbocycles. The molecule has 0 bridgehead atoms. The summed E-state index contributed by atoms with van der Waals surface area (Å²) in [5.74, 6) is -1.58. The number of Topliss-reactive ketones (excluding diaryl/α,β-unsaturated/α-hetero) is 1. The molecule has 3 aromatic rings. The Hall–Kier alpha value is -5.63. The number of rotatable bonds is 21.